The Bertz CT molecular complexity index is 618. The summed E-state index contributed by atoms with van der Waals surface area (Å²) < 4.78 is 26.7. The summed E-state index contributed by atoms with van der Waals surface area (Å²) >= 11 is 0. The fourth-order valence-electron chi connectivity index (χ4n) is 2.67. The number of nitrogens with two attached hydrogens (primary N) is 1. The first-order chi connectivity index (χ1) is 9.82. The highest BCUT2D eigenvalue weighted by Gasteiger charge is 2.30. The molecule has 0 saturated carbocycles. The molecular weight excluding hydrogens is 288 g/mol. The molecule has 1 unspecified atom stereocenters. The molecule has 116 valence electrons. The van der Waals surface area contributed by atoms with Crippen molar-refractivity contribution in [3.63, 3.8) is 0 Å². The summed E-state index contributed by atoms with van der Waals surface area (Å²) in [5.74, 6) is 0.239. The van der Waals surface area contributed by atoms with Gasteiger partial charge in [0.15, 0.2) is 5.78 Å². The highest BCUT2D eigenvalue weighted by molar-refractivity contribution is 7.89. The summed E-state index contributed by atoms with van der Waals surface area (Å²) in [5, 5.41) is 0. The van der Waals surface area contributed by atoms with Crippen LogP contribution in [-0.4, -0.2) is 37.6 Å². The van der Waals surface area contributed by atoms with Gasteiger partial charge < -0.3 is 5.73 Å². The molecule has 1 saturated heterocycles. The standard InChI is InChI=1S/C15H22N2O3S/c1-11(16)13-6-8-17(9-7-13)21(19,20)15-5-3-4-14(10-15)12(2)18/h3-5,10-11,13H,6-9,16H2,1-2H3. The van der Waals surface area contributed by atoms with Gasteiger partial charge in [-0.05, 0) is 44.7 Å². The highest BCUT2D eigenvalue weighted by atomic mass is 32.2. The van der Waals surface area contributed by atoms with Crippen molar-refractivity contribution >= 4 is 15.8 Å². The highest BCUT2D eigenvalue weighted by Crippen LogP contribution is 2.25. The van der Waals surface area contributed by atoms with Crippen LogP contribution in [0.25, 0.3) is 0 Å². The van der Waals surface area contributed by atoms with Gasteiger partial charge in [0, 0.05) is 24.7 Å². The van der Waals surface area contributed by atoms with Gasteiger partial charge in [0.05, 0.1) is 4.90 Å². The molecule has 1 aromatic carbocycles. The Hall–Kier alpha value is -1.24. The topological polar surface area (TPSA) is 80.5 Å². The first-order valence-electron chi connectivity index (χ1n) is 7.19. The number of hydrogen-bond donors (Lipinski definition) is 1. The summed E-state index contributed by atoms with van der Waals surface area (Å²) in [6.45, 7) is 4.36. The van der Waals surface area contributed by atoms with Crippen molar-refractivity contribution in [2.24, 2.45) is 11.7 Å². The van der Waals surface area contributed by atoms with E-state index in [-0.39, 0.29) is 16.7 Å². The molecular formula is C15H22N2O3S. The van der Waals surface area contributed by atoms with Crippen LogP contribution in [0.1, 0.15) is 37.0 Å². The number of carbonyl (C=O) groups is 1. The zero-order valence-electron chi connectivity index (χ0n) is 12.5. The van der Waals surface area contributed by atoms with Gasteiger partial charge in [-0.25, -0.2) is 8.42 Å². The van der Waals surface area contributed by atoms with Crippen LogP contribution in [0.15, 0.2) is 29.2 Å². The van der Waals surface area contributed by atoms with Crippen molar-refractivity contribution in [1.29, 1.82) is 0 Å². The molecule has 0 amide bonds. The SMILES string of the molecule is CC(=O)c1cccc(S(=O)(=O)N2CCC(C(C)N)CC2)c1. The van der Waals surface area contributed by atoms with Gasteiger partial charge in [0.25, 0.3) is 0 Å². The molecule has 0 radical (unpaired) electrons. The van der Waals surface area contributed by atoms with Crippen molar-refractivity contribution in [1.82, 2.24) is 4.31 Å². The zero-order chi connectivity index (χ0) is 15.6. The molecule has 5 nitrogen and oxygen atoms in total. The smallest absolute Gasteiger partial charge is 0.243 e. The largest absolute Gasteiger partial charge is 0.328 e. The number of ketones is 1. The van der Waals surface area contributed by atoms with Crippen LogP contribution < -0.4 is 5.73 Å². The molecule has 0 aliphatic carbocycles. The molecule has 1 atom stereocenters. The minimum atomic E-state index is -3.53. The number of hydrogen-bond acceptors (Lipinski definition) is 4. The van der Waals surface area contributed by atoms with Crippen LogP contribution in [-0.2, 0) is 10.0 Å². The van der Waals surface area contributed by atoms with Gasteiger partial charge in [0.1, 0.15) is 0 Å². The summed E-state index contributed by atoms with van der Waals surface area (Å²) in [5.41, 5.74) is 6.30. The lowest BCUT2D eigenvalue weighted by atomic mass is 9.92. The quantitative estimate of drug-likeness (QED) is 0.857. The zero-order valence-corrected chi connectivity index (χ0v) is 13.3. The lowest BCUT2D eigenvalue weighted by Crippen LogP contribution is -2.42. The molecule has 0 spiro atoms. The number of sulfonamides is 1. The molecule has 0 bridgehead atoms. The first-order valence-corrected chi connectivity index (χ1v) is 8.63. The second-order valence-electron chi connectivity index (χ2n) is 5.68. The van der Waals surface area contributed by atoms with Gasteiger partial charge in [-0.15, -0.1) is 0 Å². The molecule has 1 aliphatic heterocycles. The molecule has 1 fully saturated rings. The third-order valence-electron chi connectivity index (χ3n) is 4.12. The summed E-state index contributed by atoms with van der Waals surface area (Å²) in [7, 11) is -3.53. The maximum atomic E-state index is 12.6. The van der Waals surface area contributed by atoms with Gasteiger partial charge in [-0.2, -0.15) is 4.31 Å². The van der Waals surface area contributed by atoms with Gasteiger partial charge in [-0.1, -0.05) is 12.1 Å². The molecule has 1 aliphatic rings. The lowest BCUT2D eigenvalue weighted by Gasteiger charge is -2.33. The van der Waals surface area contributed by atoms with Crippen LogP contribution in [0.5, 0.6) is 0 Å². The molecule has 0 aromatic heterocycles. The fraction of sp³-hybridized carbons (Fsp3) is 0.533. The molecule has 21 heavy (non-hydrogen) atoms. The van der Waals surface area contributed by atoms with Gasteiger partial charge in [0.2, 0.25) is 10.0 Å². The normalized spacial score (nSPS) is 19.4. The number of carbonyl (C=O) groups excluding carboxylic acids is 1. The van der Waals surface area contributed by atoms with Gasteiger partial charge in [-0.3, -0.25) is 4.79 Å². The number of Topliss-reactive ketones (excluding diaryl/α,β-unsaturated/α-hetero) is 1. The predicted molar refractivity (Wildman–Crippen MR) is 81.6 cm³/mol. The minimum absolute atomic E-state index is 0.0934. The average Bonchev–Trinajstić information content (AvgIpc) is 2.47. The Morgan fingerprint density at radius 2 is 1.95 bits per heavy atom. The van der Waals surface area contributed by atoms with E-state index in [4.69, 9.17) is 5.73 Å². The second-order valence-corrected chi connectivity index (χ2v) is 7.62. The second kappa shape index (κ2) is 6.25. The third-order valence-corrected chi connectivity index (χ3v) is 6.02. The van der Waals surface area contributed by atoms with Crippen molar-refractivity contribution in [3.05, 3.63) is 29.8 Å². The van der Waals surface area contributed by atoms with Crippen molar-refractivity contribution in [2.75, 3.05) is 13.1 Å². The van der Waals surface area contributed by atoms with Crippen molar-refractivity contribution in [2.45, 2.75) is 37.6 Å². The van der Waals surface area contributed by atoms with E-state index in [2.05, 4.69) is 0 Å². The average molecular weight is 310 g/mol. The van der Waals surface area contributed by atoms with Crippen molar-refractivity contribution in [3.8, 4) is 0 Å². The van der Waals surface area contributed by atoms with E-state index in [1.54, 1.807) is 18.2 Å². The predicted octanol–water partition coefficient (Wildman–Crippen LogP) is 1.64. The van der Waals surface area contributed by atoms with Crippen LogP contribution in [0.4, 0.5) is 0 Å². The van der Waals surface area contributed by atoms with Crippen LogP contribution in [0.2, 0.25) is 0 Å². The first kappa shape index (κ1) is 16.1. The Labute approximate surface area is 126 Å². The van der Waals surface area contributed by atoms with Crippen LogP contribution in [0, 0.1) is 5.92 Å². The fourth-order valence-corrected chi connectivity index (χ4v) is 4.18. The maximum absolute atomic E-state index is 12.6. The van der Waals surface area contributed by atoms with E-state index in [1.807, 2.05) is 6.92 Å². The number of piperidine rings is 1. The Balaban J connectivity index is 2.19. The van der Waals surface area contributed by atoms with E-state index in [0.717, 1.165) is 12.8 Å². The van der Waals surface area contributed by atoms with Crippen LogP contribution >= 0.6 is 0 Å². The monoisotopic (exact) mass is 310 g/mol. The van der Waals surface area contributed by atoms with E-state index in [9.17, 15) is 13.2 Å². The molecule has 2 N–H and O–H groups in total. The van der Waals surface area contributed by atoms with Crippen LogP contribution in [0.3, 0.4) is 0 Å². The van der Waals surface area contributed by atoms with E-state index < -0.39 is 10.0 Å². The van der Waals surface area contributed by atoms with E-state index in [1.165, 1.54) is 17.3 Å². The summed E-state index contributed by atoms with van der Waals surface area (Å²) in [4.78, 5) is 11.6. The molecule has 1 heterocycles. The van der Waals surface area contributed by atoms with Gasteiger partial charge >= 0.3 is 0 Å². The molecule has 1 aromatic rings. The van der Waals surface area contributed by atoms with E-state index in [0.29, 0.717) is 24.6 Å². The van der Waals surface area contributed by atoms with E-state index >= 15 is 0 Å². The summed E-state index contributed by atoms with van der Waals surface area (Å²) in [6, 6.07) is 6.33. The number of nitrogens with zero attached hydrogens (tertiary/aromatic N) is 1. The number of benzene rings is 1. The molecule has 6 heteroatoms. The Morgan fingerprint density at radius 3 is 2.48 bits per heavy atom. The summed E-state index contributed by atoms with van der Waals surface area (Å²) in [6.07, 6.45) is 1.56. The Morgan fingerprint density at radius 1 is 1.33 bits per heavy atom. The molecule has 2 rings (SSSR count). The third kappa shape index (κ3) is 3.51. The lowest BCUT2D eigenvalue weighted by molar-refractivity contribution is 0.101. The minimum Gasteiger partial charge on any atom is -0.328 e. The maximum Gasteiger partial charge on any atom is 0.243 e. The number of rotatable bonds is 4. The van der Waals surface area contributed by atoms with Crippen molar-refractivity contribution < 1.29 is 13.2 Å². The Kier molecular flexibility index (Phi) is 4.81.